The van der Waals surface area contributed by atoms with E-state index in [0.717, 1.165) is 29.8 Å². The van der Waals surface area contributed by atoms with Gasteiger partial charge in [0.05, 0.1) is 11.8 Å². The number of fused-ring (bicyclic) bond motifs is 3. The van der Waals surface area contributed by atoms with Gasteiger partial charge in [-0.3, -0.25) is 14.6 Å². The van der Waals surface area contributed by atoms with Gasteiger partial charge in [0.1, 0.15) is 18.4 Å². The maximum absolute atomic E-state index is 17.8. The number of carbonyl (C=O) groups excluding carboxylic acids is 2. The van der Waals surface area contributed by atoms with Crippen molar-refractivity contribution in [3.8, 4) is 0 Å². The number of halogens is 1. The first-order valence-electron chi connectivity index (χ1n) is 16.6. The Morgan fingerprint density at radius 3 is 2.53 bits per heavy atom. The Hall–Kier alpha value is -2.07. The van der Waals surface area contributed by atoms with Crippen LogP contribution in [0.4, 0.5) is 10.1 Å². The molecule has 0 spiro atoms. The quantitative estimate of drug-likeness (QED) is 0.245. The van der Waals surface area contributed by atoms with Gasteiger partial charge < -0.3 is 20.3 Å². The van der Waals surface area contributed by atoms with Crippen LogP contribution in [-0.4, -0.2) is 77.3 Å². The third kappa shape index (κ3) is 6.97. The van der Waals surface area contributed by atoms with Crippen LogP contribution >= 0.6 is 11.8 Å². The number of benzene rings is 1. The number of ether oxygens (including phenoxy) is 1. The van der Waals surface area contributed by atoms with Crippen molar-refractivity contribution in [2.45, 2.75) is 96.3 Å². The molecule has 1 aromatic rings. The van der Waals surface area contributed by atoms with E-state index >= 15 is 4.39 Å². The van der Waals surface area contributed by atoms with E-state index in [1.807, 2.05) is 26.0 Å². The van der Waals surface area contributed by atoms with Crippen molar-refractivity contribution in [1.29, 1.82) is 0 Å². The average molecular weight is 645 g/mol. The van der Waals surface area contributed by atoms with Gasteiger partial charge in [0, 0.05) is 35.6 Å². The minimum atomic E-state index is -1.81. The highest BCUT2D eigenvalue weighted by Gasteiger charge is 2.66. The molecule has 45 heavy (non-hydrogen) atoms. The Morgan fingerprint density at radius 1 is 1.24 bits per heavy atom. The van der Waals surface area contributed by atoms with Gasteiger partial charge in [0.2, 0.25) is 0 Å². The van der Waals surface area contributed by atoms with Crippen LogP contribution in [0.25, 0.3) is 0 Å². The molecule has 3 aliphatic rings. The molecule has 2 fully saturated rings. The number of Topliss-reactive ketones (excluding diaryl/α,β-unsaturated/α-hetero) is 1. The van der Waals surface area contributed by atoms with Crippen LogP contribution in [0.3, 0.4) is 0 Å². The lowest BCUT2D eigenvalue weighted by molar-refractivity contribution is -0.193. The minimum Gasteiger partial charge on any atom is -0.390 e. The lowest BCUT2D eigenvalue weighted by atomic mass is 9.45. The molecule has 1 aromatic carbocycles. The fraction of sp³-hybridized carbons (Fsp3) is 0.694. The Morgan fingerprint density at radius 2 is 1.93 bits per heavy atom. The summed E-state index contributed by atoms with van der Waals surface area (Å²) in [7, 11) is 1.48. The summed E-state index contributed by atoms with van der Waals surface area (Å²) in [6, 6.07) is 7.30. The number of ketones is 1. The first kappa shape index (κ1) is 35.8. The molecule has 10 atom stereocenters. The fourth-order valence-corrected chi connectivity index (χ4v) is 9.23. The number of thioether (sulfide) groups is 1. The van der Waals surface area contributed by atoms with Gasteiger partial charge in [-0.1, -0.05) is 40.2 Å². The van der Waals surface area contributed by atoms with Crippen molar-refractivity contribution in [2.75, 3.05) is 26.5 Å². The molecule has 3 N–H and O–H groups in total. The number of alkyl halides is 1. The van der Waals surface area contributed by atoms with Crippen LogP contribution in [0, 0.1) is 35.0 Å². The fourth-order valence-electron chi connectivity index (χ4n) is 8.65. The molecule has 2 saturated carbocycles. The summed E-state index contributed by atoms with van der Waals surface area (Å²) in [5.41, 5.74) is 0.586. The summed E-state index contributed by atoms with van der Waals surface area (Å²) in [6.07, 6.45) is 6.13. The van der Waals surface area contributed by atoms with Crippen LogP contribution in [0.15, 0.2) is 40.9 Å². The molecule has 250 valence electrons. The number of nitrogens with one attached hydrogen (secondary N) is 1. The van der Waals surface area contributed by atoms with Crippen molar-refractivity contribution in [3.05, 3.63) is 41.5 Å². The highest BCUT2D eigenvalue weighted by atomic mass is 32.2. The molecule has 0 aromatic heterocycles. The number of carbonyl (C=O) groups is 2. The second-order valence-electron chi connectivity index (χ2n) is 14.0. The highest BCUT2D eigenvalue weighted by Crippen LogP contribution is 2.64. The molecular weight excluding hydrogens is 591 g/mol. The number of allylic oxidation sites excluding steroid dienone is 2. The van der Waals surface area contributed by atoms with Crippen LogP contribution < -0.4 is 5.32 Å². The van der Waals surface area contributed by atoms with E-state index in [1.165, 1.54) is 7.11 Å². The highest BCUT2D eigenvalue weighted by molar-refractivity contribution is 7.99. The van der Waals surface area contributed by atoms with Gasteiger partial charge >= 0.3 is 0 Å². The minimum absolute atomic E-state index is 0.0226. The molecular formula is C36H53FN2O5S. The first-order chi connectivity index (χ1) is 21.3. The number of aliphatic imine (C=N–C) groups is 1. The number of nitrogens with zero attached hydrogens (tertiary/aromatic N) is 1. The number of hydrogen-bond donors (Lipinski definition) is 3. The Bertz CT molecular complexity index is 1270. The monoisotopic (exact) mass is 644 g/mol. The van der Waals surface area contributed by atoms with Crippen molar-refractivity contribution >= 4 is 34.9 Å². The zero-order valence-corrected chi connectivity index (χ0v) is 28.8. The lowest BCUT2D eigenvalue weighted by Gasteiger charge is -2.62. The average Bonchev–Trinajstić information content (AvgIpc) is 3.01. The normalized spacial score (nSPS) is 34.2. The van der Waals surface area contributed by atoms with Crippen molar-refractivity contribution in [3.63, 3.8) is 0 Å². The van der Waals surface area contributed by atoms with E-state index < -0.39 is 29.9 Å². The number of aliphatic hydroxyl groups is 2. The molecule has 0 aliphatic heterocycles. The van der Waals surface area contributed by atoms with Crippen molar-refractivity contribution in [2.24, 2.45) is 40.0 Å². The summed E-state index contributed by atoms with van der Waals surface area (Å²) in [5.74, 6) is -0.953. The third-order valence-corrected chi connectivity index (χ3v) is 12.4. The largest absolute Gasteiger partial charge is 0.390 e. The van der Waals surface area contributed by atoms with E-state index in [-0.39, 0.29) is 41.3 Å². The van der Waals surface area contributed by atoms with Crippen LogP contribution in [0.2, 0.25) is 0 Å². The standard InChI is InChI=1S/C36H53FN2O5S/c1-8-27(45-7)19-38-34(43)24-9-12-26(13-10-24)39-30-17-25-11-14-29-28(15-22(3)33(44-6)31(41)20-40)21(2)16-32(42)36(29,37)35(25,5)18-23(30)4/h9-10,12-13,17,21-23,27-29,32-33,40,42H,8,11,14-16,18-20H2,1-7H3,(H,38,43)/b39-30+/t21-,22-,23-,27?,28-,29?,32+,33?,35-,36+/m1/s1. The van der Waals surface area contributed by atoms with Crippen LogP contribution in [0.5, 0.6) is 0 Å². The van der Waals surface area contributed by atoms with Crippen molar-refractivity contribution in [1.82, 2.24) is 5.32 Å². The maximum Gasteiger partial charge on any atom is 0.251 e. The van der Waals surface area contributed by atoms with Gasteiger partial charge in [0.15, 0.2) is 5.78 Å². The number of rotatable bonds is 12. The molecule has 4 rings (SSSR count). The van der Waals surface area contributed by atoms with Crippen molar-refractivity contribution < 1.29 is 28.9 Å². The predicted molar refractivity (Wildman–Crippen MR) is 180 cm³/mol. The summed E-state index contributed by atoms with van der Waals surface area (Å²) in [4.78, 5) is 29.9. The van der Waals surface area contributed by atoms with Gasteiger partial charge in [0.25, 0.3) is 5.91 Å². The Balaban J connectivity index is 1.56. The van der Waals surface area contributed by atoms with Gasteiger partial charge in [-0.15, -0.1) is 0 Å². The summed E-state index contributed by atoms with van der Waals surface area (Å²) >= 11 is 1.75. The van der Waals surface area contributed by atoms with E-state index in [9.17, 15) is 19.8 Å². The Kier molecular flexibility index (Phi) is 11.8. The SMILES string of the molecule is CCC(CNC(=O)c1ccc(/N=C2\C=C3CCC4[C@H](C[C@@H](C)C(OC)C(=O)CO)[C@H](C)C[C@H](O)[C@]4(F)[C@]3(C)C[C@H]2C)cc1)SC. The molecule has 1 amide bonds. The molecule has 7 nitrogen and oxygen atoms in total. The topological polar surface area (TPSA) is 108 Å². The molecule has 0 radical (unpaired) electrons. The second-order valence-corrected chi connectivity index (χ2v) is 15.1. The van der Waals surface area contributed by atoms with Gasteiger partial charge in [-0.05, 0) is 105 Å². The molecule has 3 aliphatic carbocycles. The zero-order chi connectivity index (χ0) is 33.1. The number of amides is 1. The smallest absolute Gasteiger partial charge is 0.251 e. The van der Waals surface area contributed by atoms with Crippen LogP contribution in [-0.2, 0) is 9.53 Å². The lowest BCUT2D eigenvalue weighted by Crippen LogP contribution is -2.66. The van der Waals surface area contributed by atoms with E-state index in [2.05, 4.69) is 38.4 Å². The molecule has 3 unspecified atom stereocenters. The Labute approximate surface area is 272 Å². The van der Waals surface area contributed by atoms with E-state index in [4.69, 9.17) is 9.73 Å². The van der Waals surface area contributed by atoms with Gasteiger partial charge in [-0.25, -0.2) is 4.39 Å². The zero-order valence-electron chi connectivity index (χ0n) is 28.0. The van der Waals surface area contributed by atoms with Gasteiger partial charge in [-0.2, -0.15) is 11.8 Å². The second kappa shape index (κ2) is 14.8. The number of methoxy groups -OCH3 is 1. The molecule has 0 bridgehead atoms. The number of hydrogen-bond acceptors (Lipinski definition) is 7. The van der Waals surface area contributed by atoms with E-state index in [0.29, 0.717) is 43.0 Å². The molecule has 0 saturated heterocycles. The summed E-state index contributed by atoms with van der Waals surface area (Å²) in [5, 5.41) is 24.3. The molecule has 0 heterocycles. The number of aliphatic hydroxyl groups excluding tert-OH is 2. The van der Waals surface area contributed by atoms with Crippen LogP contribution in [0.1, 0.15) is 83.5 Å². The summed E-state index contributed by atoms with van der Waals surface area (Å²) in [6.45, 7) is 10.2. The maximum atomic E-state index is 17.8. The molecule has 9 heteroatoms. The predicted octanol–water partition coefficient (Wildman–Crippen LogP) is 6.34. The first-order valence-corrected chi connectivity index (χ1v) is 17.9. The third-order valence-electron chi connectivity index (χ3n) is 11.2. The van der Waals surface area contributed by atoms with E-state index in [1.54, 1.807) is 23.9 Å². The summed E-state index contributed by atoms with van der Waals surface area (Å²) < 4.78 is 23.3.